The van der Waals surface area contributed by atoms with Crippen LogP contribution in [0.4, 0.5) is 19.0 Å². The number of hydrogen-bond donors (Lipinski definition) is 2. The number of aliphatic hydroxyl groups is 1. The van der Waals surface area contributed by atoms with Gasteiger partial charge in [0, 0.05) is 20.6 Å². The molecule has 0 bridgehead atoms. The number of pyridine rings is 1. The van der Waals surface area contributed by atoms with E-state index in [0.717, 1.165) is 32.4 Å². The van der Waals surface area contributed by atoms with Crippen molar-refractivity contribution in [2.75, 3.05) is 38.6 Å². The Kier molecular flexibility index (Phi) is 8.16. The molecule has 3 rings (SSSR count). The van der Waals surface area contributed by atoms with Crippen LogP contribution in [-0.4, -0.2) is 78.2 Å². The first-order valence-electron chi connectivity index (χ1n) is 12.3. The summed E-state index contributed by atoms with van der Waals surface area (Å²) in [6, 6.07) is 2.01. The summed E-state index contributed by atoms with van der Waals surface area (Å²) in [5, 5.41) is 14.1. The van der Waals surface area contributed by atoms with E-state index in [2.05, 4.69) is 10.3 Å². The van der Waals surface area contributed by atoms with E-state index in [-0.39, 0.29) is 18.2 Å². The fourth-order valence-electron chi connectivity index (χ4n) is 5.44. The lowest BCUT2D eigenvalue weighted by molar-refractivity contribution is -0.264. The van der Waals surface area contributed by atoms with Crippen molar-refractivity contribution in [2.45, 2.75) is 64.3 Å². The SMILES string of the molecule is Cc1nc(N2CCC(C3CCNCC3)CC2C(=O)[C@](O)(C(C)C)C(F)(F)F)ccc1C(=O)N(C)C. The number of carbonyl (C=O) groups excluding carboxylic acids is 2. The van der Waals surface area contributed by atoms with Gasteiger partial charge in [0.05, 0.1) is 17.3 Å². The number of nitrogens with one attached hydrogen (secondary N) is 1. The molecule has 7 nitrogen and oxygen atoms in total. The third-order valence-corrected chi connectivity index (χ3v) is 7.64. The van der Waals surface area contributed by atoms with Gasteiger partial charge < -0.3 is 20.2 Å². The molecule has 1 amide bonds. The summed E-state index contributed by atoms with van der Waals surface area (Å²) in [5.74, 6) is -2.06. The van der Waals surface area contributed by atoms with Gasteiger partial charge in [-0.1, -0.05) is 13.8 Å². The Morgan fingerprint density at radius 1 is 1.14 bits per heavy atom. The van der Waals surface area contributed by atoms with Crippen molar-refractivity contribution < 1.29 is 27.9 Å². The van der Waals surface area contributed by atoms with Crippen molar-refractivity contribution in [3.63, 3.8) is 0 Å². The third-order valence-electron chi connectivity index (χ3n) is 7.64. The molecule has 2 N–H and O–H groups in total. The summed E-state index contributed by atoms with van der Waals surface area (Å²) in [7, 11) is 3.25. The van der Waals surface area contributed by atoms with E-state index in [0.29, 0.717) is 29.5 Å². The van der Waals surface area contributed by atoms with Crippen molar-refractivity contribution in [2.24, 2.45) is 17.8 Å². The van der Waals surface area contributed by atoms with Gasteiger partial charge in [-0.05, 0) is 75.6 Å². The number of aromatic nitrogens is 1. The molecule has 1 aromatic rings. The van der Waals surface area contributed by atoms with E-state index in [1.165, 1.54) is 18.7 Å². The Morgan fingerprint density at radius 3 is 2.29 bits per heavy atom. The maximum Gasteiger partial charge on any atom is 0.424 e. The zero-order valence-corrected chi connectivity index (χ0v) is 21.2. The van der Waals surface area contributed by atoms with Crippen LogP contribution in [0, 0.1) is 24.7 Å². The molecule has 2 aliphatic heterocycles. The van der Waals surface area contributed by atoms with E-state index in [1.807, 2.05) is 0 Å². The van der Waals surface area contributed by atoms with Gasteiger partial charge in [-0.3, -0.25) is 9.59 Å². The largest absolute Gasteiger partial charge is 0.424 e. The molecule has 0 saturated carbocycles. The summed E-state index contributed by atoms with van der Waals surface area (Å²) in [6.07, 6.45) is -2.32. The minimum atomic E-state index is -5.10. The number of amides is 1. The predicted molar refractivity (Wildman–Crippen MR) is 127 cm³/mol. The number of nitrogens with zero attached hydrogens (tertiary/aromatic N) is 3. The number of anilines is 1. The Bertz CT molecular complexity index is 931. The summed E-state index contributed by atoms with van der Waals surface area (Å²) in [5.41, 5.74) is -2.63. The quantitative estimate of drug-likeness (QED) is 0.627. The second kappa shape index (κ2) is 10.4. The Balaban J connectivity index is 2.00. The van der Waals surface area contributed by atoms with Gasteiger partial charge in [-0.2, -0.15) is 13.2 Å². The third kappa shape index (κ3) is 5.33. The standard InChI is InChI=1S/C25H37F3N4O3/c1-15(2)24(35,25(26,27)28)22(33)20-14-18(17-8-11-29-12-9-17)10-13-32(20)21-7-6-19(16(3)30-21)23(34)31(4)5/h6-7,15,17-18,20,29,35H,8-14H2,1-5H3/t18?,20?,24-/m1/s1. The van der Waals surface area contributed by atoms with E-state index in [9.17, 15) is 27.9 Å². The van der Waals surface area contributed by atoms with Gasteiger partial charge in [0.25, 0.3) is 5.91 Å². The second-order valence-corrected chi connectivity index (χ2v) is 10.4. The van der Waals surface area contributed by atoms with Crippen molar-refractivity contribution in [3.05, 3.63) is 23.4 Å². The fraction of sp³-hybridized carbons (Fsp3) is 0.720. The zero-order chi connectivity index (χ0) is 26.1. The highest BCUT2D eigenvalue weighted by Crippen LogP contribution is 2.42. The number of aryl methyl sites for hydroxylation is 1. The van der Waals surface area contributed by atoms with Crippen LogP contribution in [-0.2, 0) is 4.79 Å². The highest BCUT2D eigenvalue weighted by atomic mass is 19.4. The number of ketones is 1. The van der Waals surface area contributed by atoms with E-state index in [4.69, 9.17) is 0 Å². The Hall–Kier alpha value is -2.20. The molecule has 35 heavy (non-hydrogen) atoms. The lowest BCUT2D eigenvalue weighted by Gasteiger charge is -2.46. The molecular weight excluding hydrogens is 461 g/mol. The van der Waals surface area contributed by atoms with Crippen molar-refractivity contribution in [3.8, 4) is 0 Å². The maximum atomic E-state index is 14.1. The first-order chi connectivity index (χ1) is 16.3. The van der Waals surface area contributed by atoms with Crippen LogP contribution in [0.3, 0.4) is 0 Å². The first-order valence-corrected chi connectivity index (χ1v) is 12.3. The van der Waals surface area contributed by atoms with E-state index in [1.54, 1.807) is 38.1 Å². The Labute approximate surface area is 205 Å². The summed E-state index contributed by atoms with van der Waals surface area (Å²) in [4.78, 5) is 33.5. The normalized spacial score (nSPS) is 23.8. The smallest absolute Gasteiger partial charge is 0.374 e. The lowest BCUT2D eigenvalue weighted by Crippen LogP contribution is -2.64. The predicted octanol–water partition coefficient (Wildman–Crippen LogP) is 3.19. The van der Waals surface area contributed by atoms with Crippen LogP contribution in [0.25, 0.3) is 0 Å². The molecule has 0 aliphatic carbocycles. The number of alkyl halides is 3. The second-order valence-electron chi connectivity index (χ2n) is 10.4. The van der Waals surface area contributed by atoms with Gasteiger partial charge in [0.1, 0.15) is 5.82 Å². The van der Waals surface area contributed by atoms with Crippen LogP contribution in [0.5, 0.6) is 0 Å². The number of hydrogen-bond acceptors (Lipinski definition) is 6. The monoisotopic (exact) mass is 498 g/mol. The average molecular weight is 499 g/mol. The molecular formula is C25H37F3N4O3. The van der Waals surface area contributed by atoms with Gasteiger partial charge in [-0.25, -0.2) is 4.98 Å². The fourth-order valence-corrected chi connectivity index (χ4v) is 5.44. The zero-order valence-electron chi connectivity index (χ0n) is 21.2. The minimum absolute atomic E-state index is 0.0858. The van der Waals surface area contributed by atoms with Crippen LogP contribution in [0.1, 0.15) is 55.6 Å². The van der Waals surface area contributed by atoms with Crippen molar-refractivity contribution in [1.29, 1.82) is 0 Å². The van der Waals surface area contributed by atoms with E-state index >= 15 is 0 Å². The summed E-state index contributed by atoms with van der Waals surface area (Å²) in [6.45, 7) is 6.15. The highest BCUT2D eigenvalue weighted by Gasteiger charge is 2.63. The molecule has 0 radical (unpaired) electrons. The molecule has 0 spiro atoms. The highest BCUT2D eigenvalue weighted by molar-refractivity contribution is 5.96. The van der Waals surface area contributed by atoms with E-state index < -0.39 is 29.5 Å². The van der Waals surface area contributed by atoms with Crippen molar-refractivity contribution in [1.82, 2.24) is 15.2 Å². The first kappa shape index (κ1) is 27.4. The van der Waals surface area contributed by atoms with Crippen LogP contribution in [0.15, 0.2) is 12.1 Å². The van der Waals surface area contributed by atoms with Gasteiger partial charge in [0.15, 0.2) is 5.78 Å². The minimum Gasteiger partial charge on any atom is -0.374 e. The maximum absolute atomic E-state index is 14.1. The molecule has 2 aliphatic rings. The summed E-state index contributed by atoms with van der Waals surface area (Å²) >= 11 is 0. The number of piperidine rings is 2. The molecule has 0 aromatic carbocycles. The van der Waals surface area contributed by atoms with Crippen molar-refractivity contribution >= 4 is 17.5 Å². The molecule has 2 fully saturated rings. The lowest BCUT2D eigenvalue weighted by atomic mass is 9.72. The number of carbonyl (C=O) groups is 2. The average Bonchev–Trinajstić information content (AvgIpc) is 2.81. The molecule has 2 saturated heterocycles. The molecule has 196 valence electrons. The van der Waals surface area contributed by atoms with Gasteiger partial charge in [-0.15, -0.1) is 0 Å². The number of rotatable bonds is 6. The molecule has 1 aromatic heterocycles. The Morgan fingerprint density at radius 2 is 1.77 bits per heavy atom. The summed E-state index contributed by atoms with van der Waals surface area (Å²) < 4.78 is 42.2. The topological polar surface area (TPSA) is 85.8 Å². The molecule has 2 unspecified atom stereocenters. The van der Waals surface area contributed by atoms with Gasteiger partial charge in [0.2, 0.25) is 5.60 Å². The van der Waals surface area contributed by atoms with Crippen LogP contribution >= 0.6 is 0 Å². The number of halogens is 3. The van der Waals surface area contributed by atoms with Gasteiger partial charge >= 0.3 is 6.18 Å². The number of Topliss-reactive ketones (excluding diaryl/α,β-unsaturated/α-hetero) is 1. The molecule has 10 heteroatoms. The van der Waals surface area contributed by atoms with Crippen LogP contribution < -0.4 is 10.2 Å². The van der Waals surface area contributed by atoms with Crippen LogP contribution in [0.2, 0.25) is 0 Å². The molecule has 3 heterocycles. The molecule has 3 atom stereocenters.